The van der Waals surface area contributed by atoms with Gasteiger partial charge in [0.2, 0.25) is 0 Å². The number of hydrogen-bond acceptors (Lipinski definition) is 1. The summed E-state index contributed by atoms with van der Waals surface area (Å²) >= 11 is 0.485. The van der Waals surface area contributed by atoms with Gasteiger partial charge in [-0.05, 0) is 0 Å². The Hall–Kier alpha value is -1.11. The Kier molecular flexibility index (Phi) is 1.73. The van der Waals surface area contributed by atoms with Crippen LogP contribution >= 0.6 is 0 Å². The van der Waals surface area contributed by atoms with E-state index in [9.17, 15) is 0 Å². The number of hydrogen-bond donors (Lipinski definition) is 0. The molecule has 0 saturated carbocycles. The zero-order chi connectivity index (χ0) is 9.54. The molecule has 2 aromatic heterocycles. The second kappa shape index (κ2) is 2.94. The van der Waals surface area contributed by atoms with Gasteiger partial charge in [0.25, 0.3) is 0 Å². The number of rotatable bonds is 0. The van der Waals surface area contributed by atoms with Gasteiger partial charge in [0.1, 0.15) is 0 Å². The second-order valence-electron chi connectivity index (χ2n) is 3.43. The van der Waals surface area contributed by atoms with Crippen LogP contribution in [0.5, 0.6) is 0 Å². The molecule has 0 aliphatic rings. The van der Waals surface area contributed by atoms with Crippen LogP contribution in [0.2, 0.25) is 0 Å². The molecule has 0 fully saturated rings. The first-order chi connectivity index (χ1) is 6.86. The van der Waals surface area contributed by atoms with Crippen molar-refractivity contribution in [2.75, 3.05) is 0 Å². The molecular weight excluding hydrogens is 237 g/mol. The molecule has 2 heterocycles. The molecule has 0 aliphatic carbocycles. The first kappa shape index (κ1) is 8.22. The van der Waals surface area contributed by atoms with E-state index in [0.29, 0.717) is 14.5 Å². The molecule has 0 atom stereocenters. The molecule has 0 spiro atoms. The van der Waals surface area contributed by atoms with E-state index in [1.807, 2.05) is 12.4 Å². The predicted molar refractivity (Wildman–Crippen MR) is 60.9 cm³/mol. The SMILES string of the molecule is Cc1cncc2c1[se]c1ccccc12. The molecule has 0 amide bonds. The van der Waals surface area contributed by atoms with Crippen LogP contribution in [0.1, 0.15) is 5.56 Å². The number of fused-ring (bicyclic) bond motifs is 3. The van der Waals surface area contributed by atoms with Crippen molar-refractivity contribution in [3.8, 4) is 0 Å². The van der Waals surface area contributed by atoms with E-state index in [0.717, 1.165) is 0 Å². The zero-order valence-electron chi connectivity index (χ0n) is 7.82. The summed E-state index contributed by atoms with van der Waals surface area (Å²) in [6, 6.07) is 8.65. The van der Waals surface area contributed by atoms with Crippen LogP contribution in [-0.2, 0) is 0 Å². The van der Waals surface area contributed by atoms with Gasteiger partial charge < -0.3 is 0 Å². The molecule has 0 radical (unpaired) electrons. The van der Waals surface area contributed by atoms with Crippen LogP contribution in [0.15, 0.2) is 36.7 Å². The summed E-state index contributed by atoms with van der Waals surface area (Å²) in [5.41, 5.74) is 1.33. The van der Waals surface area contributed by atoms with Gasteiger partial charge in [-0.25, -0.2) is 0 Å². The van der Waals surface area contributed by atoms with Crippen LogP contribution in [0, 0.1) is 6.92 Å². The number of aryl methyl sites for hydroxylation is 1. The Balaban J connectivity index is 2.63. The summed E-state index contributed by atoms with van der Waals surface area (Å²) in [6.07, 6.45) is 3.96. The van der Waals surface area contributed by atoms with E-state index < -0.39 is 0 Å². The van der Waals surface area contributed by atoms with Gasteiger partial charge in [0.05, 0.1) is 0 Å². The average molecular weight is 246 g/mol. The molecular formula is C12H9NSe. The fraction of sp³-hybridized carbons (Fsp3) is 0.0833. The van der Waals surface area contributed by atoms with Crippen LogP contribution < -0.4 is 0 Å². The van der Waals surface area contributed by atoms with Crippen molar-refractivity contribution >= 4 is 33.8 Å². The minimum absolute atomic E-state index is 0.485. The van der Waals surface area contributed by atoms with E-state index >= 15 is 0 Å². The molecule has 0 unspecified atom stereocenters. The number of nitrogens with zero attached hydrogens (tertiary/aromatic N) is 1. The van der Waals surface area contributed by atoms with Gasteiger partial charge in [-0.15, -0.1) is 0 Å². The maximum absolute atomic E-state index is 4.26. The fourth-order valence-corrected chi connectivity index (χ4v) is 4.16. The molecule has 1 aromatic carbocycles. The maximum atomic E-state index is 4.26. The Morgan fingerprint density at radius 2 is 1.93 bits per heavy atom. The van der Waals surface area contributed by atoms with Crippen LogP contribution in [0.3, 0.4) is 0 Å². The first-order valence-corrected chi connectivity index (χ1v) is 6.29. The van der Waals surface area contributed by atoms with Gasteiger partial charge >= 0.3 is 87.9 Å². The molecule has 0 aliphatic heterocycles. The third-order valence-electron chi connectivity index (χ3n) is 2.46. The van der Waals surface area contributed by atoms with Gasteiger partial charge in [0.15, 0.2) is 0 Å². The molecule has 3 rings (SSSR count). The third kappa shape index (κ3) is 1.05. The van der Waals surface area contributed by atoms with E-state index in [-0.39, 0.29) is 0 Å². The quantitative estimate of drug-likeness (QED) is 0.556. The standard InChI is InChI=1S/C12H9NSe/c1-8-6-13-7-10-9-4-2-3-5-11(9)14-12(8)10/h2-7H,1H3. The molecule has 0 N–H and O–H groups in total. The van der Waals surface area contributed by atoms with Crippen molar-refractivity contribution in [3.63, 3.8) is 0 Å². The van der Waals surface area contributed by atoms with Crippen molar-refractivity contribution in [2.45, 2.75) is 6.92 Å². The van der Waals surface area contributed by atoms with E-state index in [1.54, 1.807) is 0 Å². The third-order valence-corrected chi connectivity index (χ3v) is 5.24. The van der Waals surface area contributed by atoms with Crippen LogP contribution in [0.25, 0.3) is 19.3 Å². The Morgan fingerprint density at radius 1 is 1.07 bits per heavy atom. The van der Waals surface area contributed by atoms with E-state index in [4.69, 9.17) is 0 Å². The number of pyridine rings is 1. The second-order valence-corrected chi connectivity index (χ2v) is 5.64. The van der Waals surface area contributed by atoms with Crippen molar-refractivity contribution in [2.24, 2.45) is 0 Å². The zero-order valence-corrected chi connectivity index (χ0v) is 9.53. The van der Waals surface area contributed by atoms with Crippen LogP contribution in [0.4, 0.5) is 0 Å². The topological polar surface area (TPSA) is 12.9 Å². The molecule has 1 nitrogen and oxygen atoms in total. The molecule has 0 saturated heterocycles. The Labute approximate surface area is 88.1 Å². The van der Waals surface area contributed by atoms with Crippen molar-refractivity contribution in [1.82, 2.24) is 4.98 Å². The molecule has 14 heavy (non-hydrogen) atoms. The summed E-state index contributed by atoms with van der Waals surface area (Å²) in [5, 5.41) is 2.74. The number of aromatic nitrogens is 1. The average Bonchev–Trinajstić information content (AvgIpc) is 2.59. The van der Waals surface area contributed by atoms with Gasteiger partial charge in [-0.3, -0.25) is 0 Å². The normalized spacial score (nSPS) is 11.2. The van der Waals surface area contributed by atoms with Gasteiger partial charge in [-0.1, -0.05) is 0 Å². The summed E-state index contributed by atoms with van der Waals surface area (Å²) in [4.78, 5) is 4.26. The number of benzene rings is 1. The molecule has 0 bridgehead atoms. The molecule has 68 valence electrons. The Bertz CT molecular complexity index is 610. The molecule has 3 aromatic rings. The van der Waals surface area contributed by atoms with Crippen LogP contribution in [-0.4, -0.2) is 19.5 Å². The molecule has 2 heteroatoms. The van der Waals surface area contributed by atoms with E-state index in [2.05, 4.69) is 36.2 Å². The summed E-state index contributed by atoms with van der Waals surface area (Å²) in [5.74, 6) is 0. The Morgan fingerprint density at radius 3 is 2.86 bits per heavy atom. The summed E-state index contributed by atoms with van der Waals surface area (Å²) in [7, 11) is 0. The van der Waals surface area contributed by atoms with Gasteiger partial charge in [-0.2, -0.15) is 0 Å². The first-order valence-electron chi connectivity index (χ1n) is 4.58. The summed E-state index contributed by atoms with van der Waals surface area (Å²) in [6.45, 7) is 2.15. The van der Waals surface area contributed by atoms with Crippen molar-refractivity contribution in [1.29, 1.82) is 0 Å². The van der Waals surface area contributed by atoms with Crippen molar-refractivity contribution in [3.05, 3.63) is 42.2 Å². The fourth-order valence-electron chi connectivity index (χ4n) is 1.77. The van der Waals surface area contributed by atoms with Gasteiger partial charge in [0, 0.05) is 0 Å². The minimum atomic E-state index is 0.485. The van der Waals surface area contributed by atoms with Crippen molar-refractivity contribution < 1.29 is 0 Å². The monoisotopic (exact) mass is 247 g/mol. The predicted octanol–water partition coefficient (Wildman–Crippen LogP) is 2.75. The van der Waals surface area contributed by atoms with E-state index in [1.165, 1.54) is 24.9 Å². The summed E-state index contributed by atoms with van der Waals surface area (Å²) < 4.78 is 3.00.